The fourth-order valence-electron chi connectivity index (χ4n) is 2.79. The summed E-state index contributed by atoms with van der Waals surface area (Å²) < 4.78 is 6.97. The van der Waals surface area contributed by atoms with E-state index in [2.05, 4.69) is 10.3 Å². The molecule has 3 rings (SSSR count). The summed E-state index contributed by atoms with van der Waals surface area (Å²) in [6.45, 7) is 1.57. The van der Waals surface area contributed by atoms with Crippen molar-refractivity contribution in [1.82, 2.24) is 15.0 Å². The molecule has 8 heteroatoms. The molecule has 2 heterocycles. The second-order valence-electron chi connectivity index (χ2n) is 5.67. The predicted molar refractivity (Wildman–Crippen MR) is 82.1 cm³/mol. The lowest BCUT2D eigenvalue weighted by molar-refractivity contribution is -0.120. The Morgan fingerprint density at radius 3 is 3.00 bits per heavy atom. The van der Waals surface area contributed by atoms with Crippen molar-refractivity contribution < 1.29 is 19.3 Å². The van der Waals surface area contributed by atoms with Crippen LogP contribution in [-0.2, 0) is 17.8 Å². The van der Waals surface area contributed by atoms with E-state index in [0.717, 1.165) is 5.56 Å². The number of carbonyl (C=O) groups is 2. The molecule has 0 radical (unpaired) electrons. The second-order valence-corrected chi connectivity index (χ2v) is 5.67. The topological polar surface area (TPSA) is 94.3 Å². The normalized spacial score (nSPS) is 16.6. The number of fused-ring (bicyclic) bond motifs is 1. The smallest absolute Gasteiger partial charge is 0.526 e. The minimum atomic E-state index is -1.11. The molecular formula is C15H16BN3O4. The van der Waals surface area contributed by atoms with Crippen LogP contribution in [0.1, 0.15) is 29.3 Å². The van der Waals surface area contributed by atoms with Gasteiger partial charge in [0.25, 0.3) is 0 Å². The van der Waals surface area contributed by atoms with Crippen LogP contribution in [0.15, 0.2) is 30.6 Å². The number of carbonyl (C=O) groups excluding carboxylic acids is 2. The van der Waals surface area contributed by atoms with Crippen molar-refractivity contribution in [2.75, 3.05) is 0 Å². The van der Waals surface area contributed by atoms with E-state index >= 15 is 0 Å². The van der Waals surface area contributed by atoms with Crippen LogP contribution in [0.2, 0.25) is 5.82 Å². The van der Waals surface area contributed by atoms with Crippen LogP contribution in [0.3, 0.4) is 0 Å². The van der Waals surface area contributed by atoms with Crippen LogP contribution in [-0.4, -0.2) is 38.7 Å². The largest absolute Gasteiger partial charge is 0.535 e. The highest BCUT2D eigenvalue weighted by molar-refractivity contribution is 6.47. The molecule has 1 aromatic carbocycles. The van der Waals surface area contributed by atoms with Crippen molar-refractivity contribution in [3.05, 3.63) is 41.7 Å². The molecule has 1 aliphatic rings. The van der Waals surface area contributed by atoms with E-state index < -0.39 is 7.12 Å². The number of aromatic nitrogens is 3. The number of ketones is 2. The van der Waals surface area contributed by atoms with Gasteiger partial charge in [-0.3, -0.25) is 9.59 Å². The maximum absolute atomic E-state index is 12.1. The van der Waals surface area contributed by atoms with E-state index in [-0.39, 0.29) is 30.3 Å². The number of hydrogen-bond acceptors (Lipinski definition) is 6. The molecule has 2 aromatic rings. The zero-order valence-corrected chi connectivity index (χ0v) is 12.7. The average Bonchev–Trinajstić information content (AvgIpc) is 3.00. The van der Waals surface area contributed by atoms with Crippen molar-refractivity contribution in [2.24, 2.45) is 0 Å². The maximum Gasteiger partial charge on any atom is 0.526 e. The number of rotatable bonds is 5. The zero-order valence-electron chi connectivity index (χ0n) is 12.7. The molecule has 1 aromatic heterocycles. The number of para-hydroxylation sites is 1. The first-order valence-corrected chi connectivity index (χ1v) is 7.38. The minimum Gasteiger partial charge on any atom is -0.535 e. The van der Waals surface area contributed by atoms with Crippen LogP contribution >= 0.6 is 0 Å². The zero-order chi connectivity index (χ0) is 16.4. The average molecular weight is 313 g/mol. The fourth-order valence-corrected chi connectivity index (χ4v) is 2.79. The van der Waals surface area contributed by atoms with Crippen LogP contribution in [0.25, 0.3) is 0 Å². The van der Waals surface area contributed by atoms with Gasteiger partial charge in [0.1, 0.15) is 12.3 Å². The highest BCUT2D eigenvalue weighted by Gasteiger charge is 2.37. The summed E-state index contributed by atoms with van der Waals surface area (Å²) in [5, 5.41) is 17.6. The monoisotopic (exact) mass is 313 g/mol. The Kier molecular flexibility index (Phi) is 4.25. The Morgan fingerprint density at radius 2 is 2.30 bits per heavy atom. The molecule has 0 unspecified atom stereocenters. The molecule has 0 aliphatic carbocycles. The molecule has 0 fully saturated rings. The molecule has 118 valence electrons. The van der Waals surface area contributed by atoms with Crippen molar-refractivity contribution in [3.63, 3.8) is 0 Å². The third kappa shape index (κ3) is 3.32. The van der Waals surface area contributed by atoms with Gasteiger partial charge in [0.2, 0.25) is 0 Å². The Balaban J connectivity index is 1.72. The SMILES string of the molecule is CC(=O)c1cccc2c1OB(O)[C@@H](CC(=O)Cn1ccnn1)C2. The first kappa shape index (κ1) is 15.4. The van der Waals surface area contributed by atoms with Gasteiger partial charge in [0, 0.05) is 18.4 Å². The van der Waals surface area contributed by atoms with Crippen LogP contribution in [0, 0.1) is 0 Å². The van der Waals surface area contributed by atoms with Crippen molar-refractivity contribution >= 4 is 18.7 Å². The van der Waals surface area contributed by atoms with Crippen molar-refractivity contribution in [2.45, 2.75) is 32.1 Å². The van der Waals surface area contributed by atoms with Crippen LogP contribution in [0.5, 0.6) is 5.75 Å². The molecule has 0 saturated heterocycles. The minimum absolute atomic E-state index is 0.0608. The van der Waals surface area contributed by atoms with Gasteiger partial charge in [-0.1, -0.05) is 17.3 Å². The number of Topliss-reactive ketones (excluding diaryl/α,β-unsaturated/α-hetero) is 2. The van der Waals surface area contributed by atoms with Crippen LogP contribution < -0.4 is 4.65 Å². The molecule has 23 heavy (non-hydrogen) atoms. The second kappa shape index (κ2) is 6.33. The van der Waals surface area contributed by atoms with E-state index in [1.807, 2.05) is 6.07 Å². The van der Waals surface area contributed by atoms with E-state index in [1.165, 1.54) is 17.8 Å². The fraction of sp³-hybridized carbons (Fsp3) is 0.333. The van der Waals surface area contributed by atoms with E-state index in [1.54, 1.807) is 18.3 Å². The number of benzene rings is 1. The molecule has 1 aliphatic heterocycles. The predicted octanol–water partition coefficient (Wildman–Crippen LogP) is 0.926. The van der Waals surface area contributed by atoms with Gasteiger partial charge in [-0.2, -0.15) is 0 Å². The van der Waals surface area contributed by atoms with E-state index in [4.69, 9.17) is 4.65 Å². The Hall–Kier alpha value is -2.48. The Labute approximate surface area is 133 Å². The van der Waals surface area contributed by atoms with E-state index in [9.17, 15) is 14.6 Å². The third-order valence-corrected chi connectivity index (χ3v) is 3.90. The summed E-state index contributed by atoms with van der Waals surface area (Å²) in [6, 6.07) is 5.30. The summed E-state index contributed by atoms with van der Waals surface area (Å²) in [4.78, 5) is 23.7. The molecule has 0 amide bonds. The molecular weight excluding hydrogens is 297 g/mol. The summed E-state index contributed by atoms with van der Waals surface area (Å²) >= 11 is 0. The Morgan fingerprint density at radius 1 is 1.48 bits per heavy atom. The van der Waals surface area contributed by atoms with Gasteiger partial charge in [0.05, 0.1) is 11.8 Å². The summed E-state index contributed by atoms with van der Waals surface area (Å²) in [5.74, 6) is -0.0997. The standard InChI is InChI=1S/C15H16BN3O4/c1-10(20)14-4-2-3-11-7-12(16(22)23-15(11)14)8-13(21)9-19-6-5-17-18-19/h2-6,12,22H,7-9H2,1H3/t12-/m1/s1. The Bertz CT molecular complexity index is 732. The highest BCUT2D eigenvalue weighted by atomic mass is 16.5. The molecule has 7 nitrogen and oxygen atoms in total. The molecule has 0 spiro atoms. The lowest BCUT2D eigenvalue weighted by atomic mass is 9.64. The van der Waals surface area contributed by atoms with Gasteiger partial charge in [-0.25, -0.2) is 4.68 Å². The van der Waals surface area contributed by atoms with Gasteiger partial charge < -0.3 is 9.68 Å². The number of nitrogens with zero attached hydrogens (tertiary/aromatic N) is 3. The summed E-state index contributed by atoms with van der Waals surface area (Å²) in [6.07, 6.45) is 3.77. The van der Waals surface area contributed by atoms with Gasteiger partial charge in [-0.15, -0.1) is 5.10 Å². The maximum atomic E-state index is 12.1. The van der Waals surface area contributed by atoms with Gasteiger partial charge in [-0.05, 0) is 25.0 Å². The molecule has 0 bridgehead atoms. The first-order valence-electron chi connectivity index (χ1n) is 7.38. The van der Waals surface area contributed by atoms with Crippen LogP contribution in [0.4, 0.5) is 0 Å². The number of hydrogen-bond donors (Lipinski definition) is 1. The quantitative estimate of drug-likeness (QED) is 0.652. The lowest BCUT2D eigenvalue weighted by Crippen LogP contribution is -2.36. The van der Waals surface area contributed by atoms with Crippen molar-refractivity contribution in [3.8, 4) is 5.75 Å². The van der Waals surface area contributed by atoms with Crippen molar-refractivity contribution in [1.29, 1.82) is 0 Å². The van der Waals surface area contributed by atoms with Gasteiger partial charge >= 0.3 is 7.12 Å². The third-order valence-electron chi connectivity index (χ3n) is 3.90. The lowest BCUT2D eigenvalue weighted by Gasteiger charge is -2.28. The molecule has 1 atom stereocenters. The van der Waals surface area contributed by atoms with Gasteiger partial charge in [0.15, 0.2) is 11.6 Å². The first-order chi connectivity index (χ1) is 11.0. The summed E-state index contributed by atoms with van der Waals surface area (Å²) in [5.41, 5.74) is 1.29. The molecule has 0 saturated carbocycles. The highest BCUT2D eigenvalue weighted by Crippen LogP contribution is 2.36. The van der Waals surface area contributed by atoms with E-state index in [0.29, 0.717) is 17.7 Å². The molecule has 1 N–H and O–H groups in total. The summed E-state index contributed by atoms with van der Waals surface area (Å²) in [7, 11) is -1.11.